The second-order valence-corrected chi connectivity index (χ2v) is 4.54. The van der Waals surface area contributed by atoms with Crippen molar-refractivity contribution in [3.8, 4) is 11.5 Å². The normalized spacial score (nSPS) is 9.85. The molecule has 0 amide bonds. The molecule has 0 bridgehead atoms. The maximum atomic E-state index is 11.5. The van der Waals surface area contributed by atoms with Crippen molar-refractivity contribution < 1.29 is 47.6 Å². The second-order valence-electron chi connectivity index (χ2n) is 4.54. The van der Waals surface area contributed by atoms with Crippen LogP contribution in [-0.4, -0.2) is 64.5 Å². The Morgan fingerprint density at radius 2 is 1.31 bits per heavy atom. The zero-order chi connectivity index (χ0) is 19.5. The molecule has 142 valence electrons. The first kappa shape index (κ1) is 20.7. The van der Waals surface area contributed by atoms with Crippen LogP contribution in [0.1, 0.15) is 0 Å². The van der Waals surface area contributed by atoms with E-state index in [9.17, 15) is 19.2 Å². The standard InChI is InChI=1S/C16H18O10/c1-21-12(17)8-25-13(18)9-24-10-4-6-11(7-5-10)26-14(15(19)22-2)16(20)23-3/h4-7,14H,8-9H2,1-3H3. The highest BCUT2D eigenvalue weighted by atomic mass is 16.6. The number of esters is 4. The summed E-state index contributed by atoms with van der Waals surface area (Å²) in [7, 11) is 3.39. The molecule has 10 heteroatoms. The molecule has 1 aromatic carbocycles. The van der Waals surface area contributed by atoms with Crippen LogP contribution in [0.3, 0.4) is 0 Å². The molecule has 0 spiro atoms. The Balaban J connectivity index is 2.57. The number of methoxy groups -OCH3 is 3. The molecule has 0 aliphatic heterocycles. The molecule has 0 saturated carbocycles. The largest absolute Gasteiger partial charge is 0.482 e. The van der Waals surface area contributed by atoms with Crippen molar-refractivity contribution in [2.24, 2.45) is 0 Å². The van der Waals surface area contributed by atoms with Gasteiger partial charge >= 0.3 is 23.9 Å². The number of carbonyl (C=O) groups is 4. The lowest BCUT2D eigenvalue weighted by molar-refractivity contribution is -0.163. The summed E-state index contributed by atoms with van der Waals surface area (Å²) in [4.78, 5) is 45.3. The van der Waals surface area contributed by atoms with E-state index in [1.54, 1.807) is 0 Å². The lowest BCUT2D eigenvalue weighted by atomic mass is 10.3. The fourth-order valence-corrected chi connectivity index (χ4v) is 1.54. The van der Waals surface area contributed by atoms with Gasteiger partial charge in [-0.25, -0.2) is 19.2 Å². The molecular weight excluding hydrogens is 352 g/mol. The highest BCUT2D eigenvalue weighted by Crippen LogP contribution is 2.19. The minimum atomic E-state index is -1.56. The highest BCUT2D eigenvalue weighted by Gasteiger charge is 2.30. The van der Waals surface area contributed by atoms with Gasteiger partial charge in [0.05, 0.1) is 21.3 Å². The van der Waals surface area contributed by atoms with Crippen molar-refractivity contribution in [1.29, 1.82) is 0 Å². The molecule has 0 unspecified atom stereocenters. The van der Waals surface area contributed by atoms with Crippen LogP contribution in [0.15, 0.2) is 24.3 Å². The van der Waals surface area contributed by atoms with Crippen molar-refractivity contribution in [2.75, 3.05) is 34.5 Å². The summed E-state index contributed by atoms with van der Waals surface area (Å²) in [6.07, 6.45) is -1.56. The van der Waals surface area contributed by atoms with E-state index in [2.05, 4.69) is 18.9 Å². The predicted molar refractivity (Wildman–Crippen MR) is 83.4 cm³/mol. The molecule has 0 aliphatic carbocycles. The maximum Gasteiger partial charge on any atom is 0.359 e. The van der Waals surface area contributed by atoms with Gasteiger partial charge in [0.1, 0.15) is 11.5 Å². The number of carbonyl (C=O) groups excluding carboxylic acids is 4. The molecule has 0 N–H and O–H groups in total. The van der Waals surface area contributed by atoms with Crippen molar-refractivity contribution in [2.45, 2.75) is 6.10 Å². The Hall–Kier alpha value is -3.30. The fourth-order valence-electron chi connectivity index (χ4n) is 1.54. The zero-order valence-corrected chi connectivity index (χ0v) is 14.4. The maximum absolute atomic E-state index is 11.5. The van der Waals surface area contributed by atoms with E-state index in [0.29, 0.717) is 5.75 Å². The highest BCUT2D eigenvalue weighted by molar-refractivity contribution is 5.98. The zero-order valence-electron chi connectivity index (χ0n) is 14.4. The molecule has 1 rings (SSSR count). The lowest BCUT2D eigenvalue weighted by Crippen LogP contribution is -2.37. The molecule has 0 atom stereocenters. The van der Waals surface area contributed by atoms with Crippen LogP contribution in [0.5, 0.6) is 11.5 Å². The van der Waals surface area contributed by atoms with E-state index < -0.39 is 43.2 Å². The van der Waals surface area contributed by atoms with Crippen LogP contribution in [0.25, 0.3) is 0 Å². The monoisotopic (exact) mass is 370 g/mol. The van der Waals surface area contributed by atoms with Crippen LogP contribution in [0.2, 0.25) is 0 Å². The Morgan fingerprint density at radius 1 is 0.769 bits per heavy atom. The van der Waals surface area contributed by atoms with E-state index in [-0.39, 0.29) is 5.75 Å². The van der Waals surface area contributed by atoms with Gasteiger partial charge in [-0.2, -0.15) is 0 Å². The molecule has 26 heavy (non-hydrogen) atoms. The minimum absolute atomic E-state index is 0.173. The molecule has 0 saturated heterocycles. The SMILES string of the molecule is COC(=O)COC(=O)COc1ccc(OC(C(=O)OC)C(=O)OC)cc1. The van der Waals surface area contributed by atoms with Crippen LogP contribution in [0, 0.1) is 0 Å². The number of benzene rings is 1. The molecule has 0 aliphatic rings. The van der Waals surface area contributed by atoms with Crippen molar-refractivity contribution in [3.05, 3.63) is 24.3 Å². The average Bonchev–Trinajstić information content (AvgIpc) is 2.68. The van der Waals surface area contributed by atoms with E-state index in [4.69, 9.17) is 9.47 Å². The predicted octanol–water partition coefficient (Wildman–Crippen LogP) is -0.125. The van der Waals surface area contributed by atoms with Gasteiger partial charge in [0.15, 0.2) is 13.2 Å². The average molecular weight is 370 g/mol. The first-order valence-corrected chi connectivity index (χ1v) is 7.18. The van der Waals surface area contributed by atoms with E-state index in [0.717, 1.165) is 14.2 Å². The first-order chi connectivity index (χ1) is 12.4. The van der Waals surface area contributed by atoms with Gasteiger partial charge in [-0.15, -0.1) is 0 Å². The third-order valence-electron chi connectivity index (χ3n) is 2.84. The third kappa shape index (κ3) is 6.67. The quantitative estimate of drug-likeness (QED) is 0.330. The Kier molecular flexibility index (Phi) is 8.41. The summed E-state index contributed by atoms with van der Waals surface area (Å²) >= 11 is 0. The van der Waals surface area contributed by atoms with Crippen LogP contribution < -0.4 is 9.47 Å². The van der Waals surface area contributed by atoms with Crippen molar-refractivity contribution in [1.82, 2.24) is 0 Å². The van der Waals surface area contributed by atoms with Crippen LogP contribution in [-0.2, 0) is 38.1 Å². The van der Waals surface area contributed by atoms with Crippen LogP contribution in [0.4, 0.5) is 0 Å². The Labute approximate surface area is 148 Å². The first-order valence-electron chi connectivity index (χ1n) is 7.18. The molecule has 0 radical (unpaired) electrons. The number of rotatable bonds is 9. The van der Waals surface area contributed by atoms with Crippen molar-refractivity contribution in [3.63, 3.8) is 0 Å². The van der Waals surface area contributed by atoms with Crippen LogP contribution >= 0.6 is 0 Å². The molecular formula is C16H18O10. The van der Waals surface area contributed by atoms with Gasteiger partial charge in [-0.1, -0.05) is 0 Å². The van der Waals surface area contributed by atoms with Gasteiger partial charge in [-0.3, -0.25) is 0 Å². The van der Waals surface area contributed by atoms with E-state index in [1.165, 1.54) is 31.4 Å². The summed E-state index contributed by atoms with van der Waals surface area (Å²) in [5.41, 5.74) is 0. The van der Waals surface area contributed by atoms with Gasteiger partial charge < -0.3 is 28.4 Å². The number of hydrogen-bond donors (Lipinski definition) is 0. The third-order valence-corrected chi connectivity index (χ3v) is 2.84. The van der Waals surface area contributed by atoms with E-state index >= 15 is 0 Å². The van der Waals surface area contributed by atoms with Gasteiger partial charge in [0, 0.05) is 0 Å². The molecule has 0 fully saturated rings. The van der Waals surface area contributed by atoms with Crippen molar-refractivity contribution >= 4 is 23.9 Å². The second kappa shape index (κ2) is 10.5. The Morgan fingerprint density at radius 3 is 1.81 bits per heavy atom. The Bertz CT molecular complexity index is 621. The summed E-state index contributed by atoms with van der Waals surface area (Å²) in [5.74, 6) is -2.81. The molecule has 0 aromatic heterocycles. The van der Waals surface area contributed by atoms with Gasteiger partial charge in [0.25, 0.3) is 6.10 Å². The molecule has 1 aromatic rings. The van der Waals surface area contributed by atoms with E-state index in [1.807, 2.05) is 0 Å². The summed E-state index contributed by atoms with van der Waals surface area (Å²) in [5, 5.41) is 0. The topological polar surface area (TPSA) is 124 Å². The minimum Gasteiger partial charge on any atom is -0.482 e. The number of ether oxygens (including phenoxy) is 6. The lowest BCUT2D eigenvalue weighted by Gasteiger charge is -2.15. The van der Waals surface area contributed by atoms with Gasteiger partial charge in [0.2, 0.25) is 0 Å². The summed E-state index contributed by atoms with van der Waals surface area (Å²) in [6.45, 7) is -0.932. The molecule has 10 nitrogen and oxygen atoms in total. The smallest absolute Gasteiger partial charge is 0.359 e. The summed E-state index contributed by atoms with van der Waals surface area (Å²) < 4.78 is 28.3. The molecule has 0 heterocycles. The summed E-state index contributed by atoms with van der Waals surface area (Å²) in [6, 6.07) is 5.70. The van der Waals surface area contributed by atoms with Gasteiger partial charge in [-0.05, 0) is 24.3 Å². The fraction of sp³-hybridized carbons (Fsp3) is 0.375. The number of hydrogen-bond acceptors (Lipinski definition) is 10.